The van der Waals surface area contributed by atoms with Gasteiger partial charge in [0.2, 0.25) is 0 Å². The molecule has 0 aromatic heterocycles. The number of hydrogen-bond donors (Lipinski definition) is 0. The van der Waals surface area contributed by atoms with Crippen LogP contribution in [0.2, 0.25) is 0 Å². The summed E-state index contributed by atoms with van der Waals surface area (Å²) in [4.78, 5) is 10.2. The first-order valence-corrected chi connectivity index (χ1v) is 17.0. The molecule has 4 rings (SSSR count). The van der Waals surface area contributed by atoms with Crippen LogP contribution in [0.5, 0.6) is 0 Å². The molecule has 0 aliphatic carbocycles. The van der Waals surface area contributed by atoms with Crippen molar-refractivity contribution < 1.29 is 15.9 Å². The van der Waals surface area contributed by atoms with Gasteiger partial charge in [-0.15, -0.1) is 0 Å². The molecule has 4 aromatic carbocycles. The molecule has 39 heavy (non-hydrogen) atoms. The van der Waals surface area contributed by atoms with E-state index in [1.165, 1.54) is 33.4 Å². The summed E-state index contributed by atoms with van der Waals surface area (Å²) in [5, 5.41) is 0. The van der Waals surface area contributed by atoms with Crippen molar-refractivity contribution in [3.8, 4) is 0 Å². The molecule has 4 aromatic rings. The normalized spacial score (nSPS) is 13.4. The molecular weight excluding hydrogens is 614 g/mol. The van der Waals surface area contributed by atoms with Crippen LogP contribution < -0.4 is 0 Å². The van der Waals surface area contributed by atoms with E-state index in [2.05, 4.69) is 139 Å². The van der Waals surface area contributed by atoms with Gasteiger partial charge in [-0.2, -0.15) is 0 Å². The molecule has 0 saturated carbocycles. The van der Waals surface area contributed by atoms with Crippen LogP contribution in [0.1, 0.15) is 72.9 Å². The molecule has 0 fully saturated rings. The van der Waals surface area contributed by atoms with Gasteiger partial charge in [-0.1, -0.05) is 110 Å². The maximum atomic E-state index is 5.08. The van der Waals surface area contributed by atoms with Crippen molar-refractivity contribution >= 4 is 41.9 Å². The van der Waals surface area contributed by atoms with Gasteiger partial charge in [0.15, 0.2) is 0 Å². The van der Waals surface area contributed by atoms with Gasteiger partial charge in [-0.05, 0) is 62.1 Å². The van der Waals surface area contributed by atoms with Crippen molar-refractivity contribution in [3.63, 3.8) is 0 Å². The van der Waals surface area contributed by atoms with Gasteiger partial charge in [0, 0.05) is 11.8 Å². The molecule has 2 atom stereocenters. The van der Waals surface area contributed by atoms with E-state index in [0.29, 0.717) is 0 Å². The third kappa shape index (κ3) is 8.72. The maximum absolute atomic E-state index is 5.08. The molecule has 0 saturated heterocycles. The SMILES string of the molecule is CC(=Nc1ccc(C)cc1C(C)c1ccccc1)C(C)=Nc1ccc(C)cc1C(C)c1ccccc1.[Cl][Pd][Cl]. The first kappa shape index (κ1) is 31.0. The number of aliphatic imine (C=N–C) groups is 2. The number of hydrogen-bond acceptors (Lipinski definition) is 2. The van der Waals surface area contributed by atoms with Gasteiger partial charge in [0.05, 0.1) is 22.8 Å². The van der Waals surface area contributed by atoms with Gasteiger partial charge < -0.3 is 0 Å². The average Bonchev–Trinajstić information content (AvgIpc) is 2.95. The summed E-state index contributed by atoms with van der Waals surface area (Å²) in [6, 6.07) is 34.3. The van der Waals surface area contributed by atoms with Crippen LogP contribution in [0.3, 0.4) is 0 Å². The van der Waals surface area contributed by atoms with Gasteiger partial charge in [0.1, 0.15) is 0 Å². The average molecular weight is 650 g/mol. The Morgan fingerprint density at radius 2 is 0.923 bits per heavy atom. The molecular formula is C34H36Cl2N2Pd. The van der Waals surface area contributed by atoms with Crippen molar-refractivity contribution in [3.05, 3.63) is 130 Å². The second kappa shape index (κ2) is 15.3. The van der Waals surface area contributed by atoms with E-state index in [1.54, 1.807) is 0 Å². The van der Waals surface area contributed by atoms with Crippen molar-refractivity contribution in [1.29, 1.82) is 0 Å². The van der Waals surface area contributed by atoms with Gasteiger partial charge in [0.25, 0.3) is 0 Å². The van der Waals surface area contributed by atoms with E-state index in [0.717, 1.165) is 22.8 Å². The predicted octanol–water partition coefficient (Wildman–Crippen LogP) is 10.9. The van der Waals surface area contributed by atoms with Gasteiger partial charge >= 0.3 is 35.0 Å². The Hall–Kier alpha value is -2.54. The summed E-state index contributed by atoms with van der Waals surface area (Å²) in [7, 11) is 9.63. The summed E-state index contributed by atoms with van der Waals surface area (Å²) in [6.07, 6.45) is 0. The van der Waals surface area contributed by atoms with Crippen LogP contribution >= 0.6 is 19.1 Å². The summed E-state index contributed by atoms with van der Waals surface area (Å²) in [5.41, 5.74) is 11.4. The predicted molar refractivity (Wildman–Crippen MR) is 168 cm³/mol. The van der Waals surface area contributed by atoms with Crippen LogP contribution in [-0.2, 0) is 15.9 Å². The van der Waals surface area contributed by atoms with Crippen LogP contribution in [0.4, 0.5) is 11.4 Å². The van der Waals surface area contributed by atoms with Crippen molar-refractivity contribution in [1.82, 2.24) is 0 Å². The molecule has 0 radical (unpaired) electrons. The third-order valence-electron chi connectivity index (χ3n) is 7.00. The first-order valence-electron chi connectivity index (χ1n) is 13.0. The topological polar surface area (TPSA) is 24.7 Å². The summed E-state index contributed by atoms with van der Waals surface area (Å²) in [6.45, 7) is 12.9. The third-order valence-corrected chi connectivity index (χ3v) is 7.00. The van der Waals surface area contributed by atoms with Crippen LogP contribution in [0.25, 0.3) is 0 Å². The molecule has 0 N–H and O–H groups in total. The number of halogens is 2. The molecule has 0 spiro atoms. The van der Waals surface area contributed by atoms with E-state index < -0.39 is 0 Å². The van der Waals surface area contributed by atoms with E-state index in [4.69, 9.17) is 29.0 Å². The molecule has 0 aliphatic rings. The molecule has 2 nitrogen and oxygen atoms in total. The fourth-order valence-electron chi connectivity index (χ4n) is 4.61. The Kier molecular flexibility index (Phi) is 12.2. The summed E-state index contributed by atoms with van der Waals surface area (Å²) >= 11 is -0.106. The Morgan fingerprint density at radius 3 is 1.26 bits per heavy atom. The van der Waals surface area contributed by atoms with Crippen molar-refractivity contribution in [2.24, 2.45) is 9.98 Å². The van der Waals surface area contributed by atoms with Crippen molar-refractivity contribution in [2.75, 3.05) is 0 Å². The minimum atomic E-state index is -0.106. The fourth-order valence-corrected chi connectivity index (χ4v) is 4.61. The monoisotopic (exact) mass is 648 g/mol. The zero-order chi connectivity index (χ0) is 28.4. The van der Waals surface area contributed by atoms with Gasteiger partial charge in [-0.25, -0.2) is 0 Å². The molecule has 206 valence electrons. The first-order chi connectivity index (χ1) is 18.7. The van der Waals surface area contributed by atoms with Crippen LogP contribution in [0, 0.1) is 13.8 Å². The molecule has 0 amide bonds. The second-order valence-electron chi connectivity index (χ2n) is 9.83. The van der Waals surface area contributed by atoms with E-state index in [1.807, 2.05) is 0 Å². The van der Waals surface area contributed by atoms with E-state index >= 15 is 0 Å². The molecule has 5 heteroatoms. The van der Waals surface area contributed by atoms with Crippen LogP contribution in [0.15, 0.2) is 107 Å². The van der Waals surface area contributed by atoms with Crippen molar-refractivity contribution in [2.45, 2.75) is 53.4 Å². The summed E-state index contributed by atoms with van der Waals surface area (Å²) < 4.78 is 0. The molecule has 0 aliphatic heterocycles. The quantitative estimate of drug-likeness (QED) is 0.141. The minimum absolute atomic E-state index is 0.106. The Balaban J connectivity index is 0.00000134. The zero-order valence-electron chi connectivity index (χ0n) is 23.4. The summed E-state index contributed by atoms with van der Waals surface area (Å²) in [5.74, 6) is 0.510. The number of rotatable bonds is 7. The van der Waals surface area contributed by atoms with Gasteiger partial charge in [-0.3, -0.25) is 9.98 Å². The standard InChI is InChI=1S/C34H36N2.2ClH.Pd/c1-23-17-19-33(31(21-23)25(3)29-13-9-7-10-14-29)35-27(5)28(6)36-34-20-18-24(2)22-32(34)26(4)30-15-11-8-12-16-30;;;/h7-22,25-26H,1-6H3;2*1H;/q;;;+2/p-2. The zero-order valence-corrected chi connectivity index (χ0v) is 26.4. The fraction of sp³-hybridized carbons (Fsp3) is 0.235. The Labute approximate surface area is 250 Å². The van der Waals surface area contributed by atoms with E-state index in [9.17, 15) is 0 Å². The second-order valence-corrected chi connectivity index (χ2v) is 12.2. The van der Waals surface area contributed by atoms with Crippen LogP contribution in [-0.4, -0.2) is 11.4 Å². The molecule has 2 unspecified atom stereocenters. The van der Waals surface area contributed by atoms with E-state index in [-0.39, 0.29) is 27.8 Å². The number of aryl methyl sites for hydroxylation is 2. The Bertz CT molecular complexity index is 1310. The Morgan fingerprint density at radius 1 is 0.590 bits per heavy atom. The number of benzene rings is 4. The molecule has 0 bridgehead atoms. The number of nitrogens with zero attached hydrogens (tertiary/aromatic N) is 2. The molecule has 0 heterocycles.